The zero-order chi connectivity index (χ0) is 13.9. The Bertz CT molecular complexity index is 520. The fraction of sp³-hybridized carbons (Fsp3) is 0.562. The third-order valence-electron chi connectivity index (χ3n) is 4.60. The number of nitrogens with zero attached hydrogens (tertiary/aromatic N) is 2. The van der Waals surface area contributed by atoms with Gasteiger partial charge in [0.15, 0.2) is 0 Å². The normalized spacial score (nSPS) is 25.9. The van der Waals surface area contributed by atoms with Crippen LogP contribution in [0.4, 0.5) is 11.4 Å². The van der Waals surface area contributed by atoms with Gasteiger partial charge in [-0.05, 0) is 56.0 Å². The number of rotatable bonds is 3. The zero-order valence-electron chi connectivity index (χ0n) is 11.8. The van der Waals surface area contributed by atoms with E-state index in [1.54, 1.807) is 0 Å². The second kappa shape index (κ2) is 5.72. The van der Waals surface area contributed by atoms with E-state index in [0.29, 0.717) is 18.2 Å². The van der Waals surface area contributed by atoms with Crippen molar-refractivity contribution in [2.45, 2.75) is 44.2 Å². The van der Waals surface area contributed by atoms with Gasteiger partial charge in [0.1, 0.15) is 0 Å². The molecule has 0 aromatic heterocycles. The van der Waals surface area contributed by atoms with Gasteiger partial charge in [-0.1, -0.05) is 0 Å². The molecule has 3 N–H and O–H groups in total. The van der Waals surface area contributed by atoms with Crippen LogP contribution < -0.4 is 11.1 Å². The van der Waals surface area contributed by atoms with Gasteiger partial charge >= 0.3 is 0 Å². The summed E-state index contributed by atoms with van der Waals surface area (Å²) in [6.07, 6.45) is 5.51. The van der Waals surface area contributed by atoms with Crippen LogP contribution in [0.25, 0.3) is 0 Å². The molecule has 2 atom stereocenters. The van der Waals surface area contributed by atoms with E-state index >= 15 is 0 Å². The lowest BCUT2D eigenvalue weighted by atomic mass is 9.97. The van der Waals surface area contributed by atoms with Crippen molar-refractivity contribution in [1.82, 2.24) is 4.90 Å². The van der Waals surface area contributed by atoms with Crippen LogP contribution in [0.5, 0.6) is 0 Å². The maximum atomic E-state index is 8.83. The van der Waals surface area contributed by atoms with E-state index in [2.05, 4.69) is 16.3 Å². The predicted molar refractivity (Wildman–Crippen MR) is 81.4 cm³/mol. The Labute approximate surface area is 120 Å². The lowest BCUT2D eigenvalue weighted by Gasteiger charge is -2.35. The minimum atomic E-state index is 0.377. The monoisotopic (exact) mass is 270 g/mol. The molecule has 20 heavy (non-hydrogen) atoms. The predicted octanol–water partition coefficient (Wildman–Crippen LogP) is 2.37. The number of nitrogens with one attached hydrogen (secondary N) is 1. The number of hydrogen-bond donors (Lipinski definition) is 2. The fourth-order valence-electron chi connectivity index (χ4n) is 3.52. The molecule has 2 fully saturated rings. The summed E-state index contributed by atoms with van der Waals surface area (Å²) in [5, 5.41) is 12.5. The Balaban J connectivity index is 1.66. The summed E-state index contributed by atoms with van der Waals surface area (Å²) in [5.74, 6) is 0. The van der Waals surface area contributed by atoms with Crippen molar-refractivity contribution in [1.29, 1.82) is 5.26 Å². The summed E-state index contributed by atoms with van der Waals surface area (Å²) < 4.78 is 0. The highest BCUT2D eigenvalue weighted by molar-refractivity contribution is 5.58. The van der Waals surface area contributed by atoms with Crippen LogP contribution in [0, 0.1) is 11.3 Å². The minimum Gasteiger partial charge on any atom is -0.398 e. The summed E-state index contributed by atoms with van der Waals surface area (Å²) in [4.78, 5) is 2.63. The van der Waals surface area contributed by atoms with Crippen LogP contribution in [-0.4, -0.2) is 30.1 Å². The van der Waals surface area contributed by atoms with Crippen molar-refractivity contribution >= 4 is 11.4 Å². The molecule has 2 aliphatic rings. The molecule has 4 heteroatoms. The number of fused-ring (bicyclic) bond motifs is 1. The highest BCUT2D eigenvalue weighted by atomic mass is 15.2. The zero-order valence-corrected chi connectivity index (χ0v) is 11.8. The molecule has 0 spiro atoms. The Morgan fingerprint density at radius 3 is 3.10 bits per heavy atom. The van der Waals surface area contributed by atoms with E-state index in [-0.39, 0.29) is 0 Å². The summed E-state index contributed by atoms with van der Waals surface area (Å²) in [6, 6.07) is 9.45. The van der Waals surface area contributed by atoms with E-state index < -0.39 is 0 Å². The second-order valence-electron chi connectivity index (χ2n) is 5.95. The number of hydrogen-bond acceptors (Lipinski definition) is 4. The van der Waals surface area contributed by atoms with Gasteiger partial charge in [0.2, 0.25) is 0 Å². The van der Waals surface area contributed by atoms with Crippen molar-refractivity contribution < 1.29 is 0 Å². The van der Waals surface area contributed by atoms with E-state index in [4.69, 9.17) is 11.0 Å². The maximum absolute atomic E-state index is 8.83. The van der Waals surface area contributed by atoms with Gasteiger partial charge in [-0.25, -0.2) is 0 Å². The van der Waals surface area contributed by atoms with Crippen LogP contribution in [-0.2, 0) is 6.42 Å². The van der Waals surface area contributed by atoms with Gasteiger partial charge < -0.3 is 16.0 Å². The Morgan fingerprint density at radius 1 is 1.35 bits per heavy atom. The maximum Gasteiger partial charge on any atom is 0.0670 e. The van der Waals surface area contributed by atoms with Crippen molar-refractivity contribution in [3.05, 3.63) is 23.8 Å². The van der Waals surface area contributed by atoms with Crippen molar-refractivity contribution in [3.8, 4) is 6.07 Å². The van der Waals surface area contributed by atoms with E-state index in [0.717, 1.165) is 17.3 Å². The first-order valence-electron chi connectivity index (χ1n) is 7.52. The van der Waals surface area contributed by atoms with Gasteiger partial charge in [0, 0.05) is 30.0 Å². The van der Waals surface area contributed by atoms with E-state index in [1.807, 2.05) is 18.2 Å². The van der Waals surface area contributed by atoms with E-state index in [9.17, 15) is 0 Å². The topological polar surface area (TPSA) is 65.1 Å². The molecule has 0 amide bonds. The summed E-state index contributed by atoms with van der Waals surface area (Å²) in [7, 11) is 0. The summed E-state index contributed by atoms with van der Waals surface area (Å²) in [6.45, 7) is 2.49. The van der Waals surface area contributed by atoms with Crippen molar-refractivity contribution in [2.24, 2.45) is 0 Å². The smallest absolute Gasteiger partial charge is 0.0670 e. The number of nitrogens with two attached hydrogens (primary N) is 1. The Kier molecular flexibility index (Phi) is 3.79. The Morgan fingerprint density at radius 2 is 2.25 bits per heavy atom. The summed E-state index contributed by atoms with van der Waals surface area (Å²) >= 11 is 0. The van der Waals surface area contributed by atoms with Crippen molar-refractivity contribution in [3.63, 3.8) is 0 Å². The molecule has 1 aromatic rings. The molecular weight excluding hydrogens is 248 g/mol. The van der Waals surface area contributed by atoms with E-state index in [1.165, 1.54) is 38.8 Å². The molecule has 0 bridgehead atoms. The lowest BCUT2D eigenvalue weighted by molar-refractivity contribution is 0.188. The molecule has 0 radical (unpaired) electrons. The molecular formula is C16H22N4. The highest BCUT2D eigenvalue weighted by Gasteiger charge is 2.31. The molecule has 0 saturated carbocycles. The van der Waals surface area contributed by atoms with Crippen LogP contribution >= 0.6 is 0 Å². The van der Waals surface area contributed by atoms with Gasteiger partial charge in [-0.15, -0.1) is 0 Å². The molecule has 2 saturated heterocycles. The van der Waals surface area contributed by atoms with Crippen molar-refractivity contribution in [2.75, 3.05) is 24.1 Å². The molecule has 1 aromatic carbocycles. The third kappa shape index (κ3) is 2.73. The number of anilines is 2. The fourth-order valence-corrected chi connectivity index (χ4v) is 3.52. The lowest BCUT2D eigenvalue weighted by Crippen LogP contribution is -2.42. The number of piperidine rings is 1. The number of nitriles is 1. The van der Waals surface area contributed by atoms with Crippen LogP contribution in [0.3, 0.4) is 0 Å². The first-order chi connectivity index (χ1) is 9.76. The molecule has 3 rings (SSSR count). The Hall–Kier alpha value is -1.73. The molecule has 2 heterocycles. The van der Waals surface area contributed by atoms with Gasteiger partial charge in [-0.2, -0.15) is 5.26 Å². The number of benzene rings is 1. The van der Waals surface area contributed by atoms with Crippen LogP contribution in [0.15, 0.2) is 18.2 Å². The second-order valence-corrected chi connectivity index (χ2v) is 5.95. The minimum absolute atomic E-state index is 0.377. The first kappa shape index (κ1) is 13.3. The molecule has 0 aliphatic carbocycles. The highest BCUT2D eigenvalue weighted by Crippen LogP contribution is 2.29. The molecule has 106 valence electrons. The standard InChI is InChI=1S/C16H22N4/c17-7-5-12-10-13(3-4-16(12)18)19-14-6-9-20-8-1-2-15(20)11-14/h3-4,10,14-15,19H,1-2,5-6,8-9,11,18H2. The van der Waals surface area contributed by atoms with Crippen LogP contribution in [0.1, 0.15) is 31.2 Å². The average Bonchev–Trinajstić information content (AvgIpc) is 2.90. The van der Waals surface area contributed by atoms with Gasteiger partial charge in [-0.3, -0.25) is 0 Å². The average molecular weight is 270 g/mol. The molecule has 4 nitrogen and oxygen atoms in total. The van der Waals surface area contributed by atoms with Gasteiger partial charge in [0.25, 0.3) is 0 Å². The SMILES string of the molecule is N#CCc1cc(NC2CCN3CCCC3C2)ccc1N. The summed E-state index contributed by atoms with van der Waals surface area (Å²) in [5.41, 5.74) is 8.63. The first-order valence-corrected chi connectivity index (χ1v) is 7.52. The molecule has 2 aliphatic heterocycles. The number of nitrogen functional groups attached to an aromatic ring is 1. The largest absolute Gasteiger partial charge is 0.398 e. The third-order valence-corrected chi connectivity index (χ3v) is 4.60. The molecule has 2 unspecified atom stereocenters. The van der Waals surface area contributed by atoms with Gasteiger partial charge in [0.05, 0.1) is 12.5 Å². The quantitative estimate of drug-likeness (QED) is 0.828. The van der Waals surface area contributed by atoms with Crippen LogP contribution in [0.2, 0.25) is 0 Å².